The maximum Gasteiger partial charge on any atom is 0.0896 e. The van der Waals surface area contributed by atoms with Crippen LogP contribution in [0.15, 0.2) is 40.2 Å². The standard InChI is InChI=1S/C14H15BrOS/c1-10-2-4-11(5-3-10)6-7-13(16)14-12(15)8-9-17-14/h2-5,8-9,13,16H,6-7H2,1H3. The highest BCUT2D eigenvalue weighted by Gasteiger charge is 2.12. The van der Waals surface area contributed by atoms with Gasteiger partial charge in [-0.25, -0.2) is 0 Å². The zero-order valence-electron chi connectivity index (χ0n) is 9.69. The monoisotopic (exact) mass is 310 g/mol. The molecule has 90 valence electrons. The Balaban J connectivity index is 1.94. The fraction of sp³-hybridized carbons (Fsp3) is 0.286. The van der Waals surface area contributed by atoms with Crippen molar-refractivity contribution in [2.24, 2.45) is 0 Å². The van der Waals surface area contributed by atoms with E-state index in [0.29, 0.717) is 0 Å². The van der Waals surface area contributed by atoms with Crippen LogP contribution in [0.5, 0.6) is 0 Å². The Morgan fingerprint density at radius 1 is 1.24 bits per heavy atom. The fourth-order valence-corrected chi connectivity index (χ4v) is 3.39. The number of hydrogen-bond donors (Lipinski definition) is 1. The number of hydrogen-bond acceptors (Lipinski definition) is 2. The van der Waals surface area contributed by atoms with Crippen LogP contribution >= 0.6 is 27.3 Å². The quantitative estimate of drug-likeness (QED) is 0.882. The highest BCUT2D eigenvalue weighted by molar-refractivity contribution is 9.10. The Morgan fingerprint density at radius 2 is 1.94 bits per heavy atom. The van der Waals surface area contributed by atoms with E-state index in [4.69, 9.17) is 0 Å². The van der Waals surface area contributed by atoms with E-state index in [1.54, 1.807) is 11.3 Å². The molecule has 0 aliphatic rings. The Bertz CT molecular complexity index is 475. The summed E-state index contributed by atoms with van der Waals surface area (Å²) in [5.74, 6) is 0. The van der Waals surface area contributed by atoms with Gasteiger partial charge in [-0.05, 0) is 52.7 Å². The second-order valence-corrected chi connectivity index (χ2v) is 5.97. The molecule has 0 radical (unpaired) electrons. The molecule has 1 aromatic carbocycles. The highest BCUT2D eigenvalue weighted by atomic mass is 79.9. The lowest BCUT2D eigenvalue weighted by atomic mass is 10.0. The molecule has 0 saturated carbocycles. The van der Waals surface area contributed by atoms with Gasteiger partial charge in [0, 0.05) is 9.35 Å². The summed E-state index contributed by atoms with van der Waals surface area (Å²) in [7, 11) is 0. The first-order chi connectivity index (χ1) is 8.16. The molecule has 1 heterocycles. The molecule has 0 bridgehead atoms. The molecular weight excluding hydrogens is 296 g/mol. The predicted octanol–water partition coefficient (Wildman–Crippen LogP) is 4.49. The van der Waals surface area contributed by atoms with Crippen LogP contribution < -0.4 is 0 Å². The summed E-state index contributed by atoms with van der Waals surface area (Å²) in [5.41, 5.74) is 2.55. The molecule has 0 aliphatic heterocycles. The third-order valence-electron chi connectivity index (χ3n) is 2.77. The smallest absolute Gasteiger partial charge is 0.0896 e. The summed E-state index contributed by atoms with van der Waals surface area (Å²) >= 11 is 5.05. The first-order valence-electron chi connectivity index (χ1n) is 5.63. The van der Waals surface area contributed by atoms with Crippen LogP contribution in [-0.2, 0) is 6.42 Å². The maximum absolute atomic E-state index is 10.1. The molecule has 1 nitrogen and oxygen atoms in total. The van der Waals surface area contributed by atoms with Gasteiger partial charge in [0.05, 0.1) is 6.10 Å². The zero-order valence-corrected chi connectivity index (χ0v) is 12.1. The van der Waals surface area contributed by atoms with Gasteiger partial charge in [-0.2, -0.15) is 0 Å². The molecule has 0 amide bonds. The van der Waals surface area contributed by atoms with Crippen molar-refractivity contribution in [2.75, 3.05) is 0 Å². The largest absolute Gasteiger partial charge is 0.388 e. The Labute approximate surface area is 114 Å². The Hall–Kier alpha value is -0.640. The zero-order chi connectivity index (χ0) is 12.3. The van der Waals surface area contributed by atoms with Crippen LogP contribution in [-0.4, -0.2) is 5.11 Å². The van der Waals surface area contributed by atoms with Crippen LogP contribution in [0.1, 0.15) is 28.5 Å². The third kappa shape index (κ3) is 3.41. The lowest BCUT2D eigenvalue weighted by Crippen LogP contribution is -1.98. The van der Waals surface area contributed by atoms with Crippen molar-refractivity contribution >= 4 is 27.3 Å². The molecule has 17 heavy (non-hydrogen) atoms. The van der Waals surface area contributed by atoms with Gasteiger partial charge in [0.15, 0.2) is 0 Å². The van der Waals surface area contributed by atoms with Crippen LogP contribution in [0.3, 0.4) is 0 Å². The Kier molecular flexibility index (Phi) is 4.37. The van der Waals surface area contributed by atoms with E-state index >= 15 is 0 Å². The average Bonchev–Trinajstić information content (AvgIpc) is 2.74. The van der Waals surface area contributed by atoms with E-state index in [2.05, 4.69) is 47.1 Å². The lowest BCUT2D eigenvalue weighted by Gasteiger charge is -2.09. The van der Waals surface area contributed by atoms with E-state index in [1.165, 1.54) is 11.1 Å². The van der Waals surface area contributed by atoms with Gasteiger partial charge in [0.25, 0.3) is 0 Å². The Morgan fingerprint density at radius 3 is 2.53 bits per heavy atom. The molecule has 1 unspecified atom stereocenters. The van der Waals surface area contributed by atoms with Gasteiger partial charge < -0.3 is 5.11 Å². The fourth-order valence-electron chi connectivity index (χ4n) is 1.73. The summed E-state index contributed by atoms with van der Waals surface area (Å²) in [6, 6.07) is 10.5. The molecule has 0 fully saturated rings. The third-order valence-corrected chi connectivity index (χ3v) is 4.75. The highest BCUT2D eigenvalue weighted by Crippen LogP contribution is 2.31. The first kappa shape index (κ1) is 12.8. The van der Waals surface area contributed by atoms with Gasteiger partial charge in [-0.3, -0.25) is 0 Å². The van der Waals surface area contributed by atoms with E-state index in [0.717, 1.165) is 22.2 Å². The number of halogens is 1. The maximum atomic E-state index is 10.1. The minimum Gasteiger partial charge on any atom is -0.388 e. The molecule has 0 aliphatic carbocycles. The number of thiophene rings is 1. The summed E-state index contributed by atoms with van der Waals surface area (Å²) in [4.78, 5) is 1.03. The SMILES string of the molecule is Cc1ccc(CCC(O)c2sccc2Br)cc1. The van der Waals surface area contributed by atoms with Crippen molar-refractivity contribution < 1.29 is 5.11 Å². The number of rotatable bonds is 4. The predicted molar refractivity (Wildman–Crippen MR) is 76.5 cm³/mol. The van der Waals surface area contributed by atoms with Crippen LogP contribution in [0.4, 0.5) is 0 Å². The summed E-state index contributed by atoms with van der Waals surface area (Å²) in [6.07, 6.45) is 1.30. The van der Waals surface area contributed by atoms with Gasteiger partial charge in [0.1, 0.15) is 0 Å². The van der Waals surface area contributed by atoms with Crippen molar-refractivity contribution in [2.45, 2.75) is 25.9 Å². The van der Waals surface area contributed by atoms with Gasteiger partial charge in [-0.1, -0.05) is 29.8 Å². The van der Waals surface area contributed by atoms with Crippen molar-refractivity contribution in [3.05, 3.63) is 56.2 Å². The van der Waals surface area contributed by atoms with Crippen LogP contribution in [0, 0.1) is 6.92 Å². The molecule has 2 rings (SSSR count). The topological polar surface area (TPSA) is 20.2 Å². The number of aliphatic hydroxyl groups excluding tert-OH is 1. The number of aliphatic hydroxyl groups is 1. The second-order valence-electron chi connectivity index (χ2n) is 4.17. The molecule has 1 atom stereocenters. The second kappa shape index (κ2) is 5.80. The van der Waals surface area contributed by atoms with Gasteiger partial charge >= 0.3 is 0 Å². The van der Waals surface area contributed by atoms with Crippen LogP contribution in [0.25, 0.3) is 0 Å². The van der Waals surface area contributed by atoms with E-state index < -0.39 is 0 Å². The minimum atomic E-state index is -0.370. The first-order valence-corrected chi connectivity index (χ1v) is 7.30. The molecule has 1 aromatic heterocycles. The summed E-state index contributed by atoms with van der Waals surface area (Å²) in [6.45, 7) is 2.08. The van der Waals surface area contributed by atoms with Gasteiger partial charge in [-0.15, -0.1) is 11.3 Å². The van der Waals surface area contributed by atoms with E-state index in [1.807, 2.05) is 11.4 Å². The molecule has 0 spiro atoms. The number of benzene rings is 1. The van der Waals surface area contributed by atoms with Gasteiger partial charge in [0.2, 0.25) is 0 Å². The van der Waals surface area contributed by atoms with E-state index in [-0.39, 0.29) is 6.10 Å². The van der Waals surface area contributed by atoms with E-state index in [9.17, 15) is 5.11 Å². The van der Waals surface area contributed by atoms with Crippen molar-refractivity contribution in [1.82, 2.24) is 0 Å². The van der Waals surface area contributed by atoms with Crippen molar-refractivity contribution in [1.29, 1.82) is 0 Å². The normalized spacial score (nSPS) is 12.6. The molecule has 2 aromatic rings. The molecule has 0 saturated heterocycles. The minimum absolute atomic E-state index is 0.370. The average molecular weight is 311 g/mol. The van der Waals surface area contributed by atoms with Crippen molar-refractivity contribution in [3.8, 4) is 0 Å². The molecular formula is C14H15BrOS. The number of aryl methyl sites for hydroxylation is 2. The van der Waals surface area contributed by atoms with Crippen LogP contribution in [0.2, 0.25) is 0 Å². The molecule has 1 N–H and O–H groups in total. The summed E-state index contributed by atoms with van der Waals surface area (Å²) < 4.78 is 1.01. The van der Waals surface area contributed by atoms with Crippen molar-refractivity contribution in [3.63, 3.8) is 0 Å². The molecule has 3 heteroatoms. The summed E-state index contributed by atoms with van der Waals surface area (Å²) in [5, 5.41) is 12.1. The lowest BCUT2D eigenvalue weighted by molar-refractivity contribution is 0.171.